The molecule has 1 saturated heterocycles. The molecule has 1 fully saturated rings. The van der Waals surface area contributed by atoms with Crippen LogP contribution in [0.15, 0.2) is 42.5 Å². The topological polar surface area (TPSA) is 58.6 Å². The fourth-order valence-electron chi connectivity index (χ4n) is 2.89. The van der Waals surface area contributed by atoms with Gasteiger partial charge in [0.05, 0.1) is 11.6 Å². The number of carbonyl (C=O) groups excluding carboxylic acids is 2. The van der Waals surface area contributed by atoms with E-state index in [1.165, 1.54) is 25.1 Å². The van der Waals surface area contributed by atoms with Crippen molar-refractivity contribution in [1.82, 2.24) is 5.32 Å². The zero-order valence-electron chi connectivity index (χ0n) is 14.2. The molecule has 1 heterocycles. The Morgan fingerprint density at radius 1 is 1.19 bits per heavy atom. The summed E-state index contributed by atoms with van der Waals surface area (Å²) in [6, 6.07) is 10.1. The lowest BCUT2D eigenvalue weighted by molar-refractivity contribution is -0.119. The van der Waals surface area contributed by atoms with Gasteiger partial charge in [-0.2, -0.15) is 0 Å². The summed E-state index contributed by atoms with van der Waals surface area (Å²) < 4.78 is 32.6. The SMILES string of the molecule is CC(=O)N[C@H]1CC(=O)N(c2ccc(OCc3c(F)cccc3F)cc2)C1. The third-order valence-corrected chi connectivity index (χ3v) is 4.13. The predicted octanol–water partition coefficient (Wildman–Crippen LogP) is 2.79. The largest absolute Gasteiger partial charge is 0.489 e. The van der Waals surface area contributed by atoms with Crippen LogP contribution < -0.4 is 15.0 Å². The van der Waals surface area contributed by atoms with Gasteiger partial charge in [0, 0.05) is 25.6 Å². The molecule has 1 atom stereocenters. The van der Waals surface area contributed by atoms with Crippen molar-refractivity contribution in [2.75, 3.05) is 11.4 Å². The van der Waals surface area contributed by atoms with Crippen LogP contribution in [0.5, 0.6) is 5.75 Å². The number of amides is 2. The van der Waals surface area contributed by atoms with E-state index in [0.717, 1.165) is 0 Å². The Labute approximate surface area is 149 Å². The molecule has 3 rings (SSSR count). The Hall–Kier alpha value is -2.96. The van der Waals surface area contributed by atoms with E-state index in [-0.39, 0.29) is 36.4 Å². The third-order valence-electron chi connectivity index (χ3n) is 4.13. The summed E-state index contributed by atoms with van der Waals surface area (Å²) in [5.41, 5.74) is 0.539. The van der Waals surface area contributed by atoms with Gasteiger partial charge < -0.3 is 15.0 Å². The smallest absolute Gasteiger partial charge is 0.229 e. The second kappa shape index (κ2) is 7.51. The first-order valence-corrected chi connectivity index (χ1v) is 8.17. The lowest BCUT2D eigenvalue weighted by Gasteiger charge is -2.17. The number of halogens is 2. The van der Waals surface area contributed by atoms with Crippen molar-refractivity contribution in [2.24, 2.45) is 0 Å². The molecule has 2 amide bonds. The maximum atomic E-state index is 13.6. The van der Waals surface area contributed by atoms with E-state index < -0.39 is 11.6 Å². The molecule has 5 nitrogen and oxygen atoms in total. The van der Waals surface area contributed by atoms with Crippen LogP contribution in [0.4, 0.5) is 14.5 Å². The van der Waals surface area contributed by atoms with E-state index in [1.54, 1.807) is 29.2 Å². The van der Waals surface area contributed by atoms with Crippen molar-refractivity contribution in [1.29, 1.82) is 0 Å². The Balaban J connectivity index is 1.64. The lowest BCUT2D eigenvalue weighted by Crippen LogP contribution is -2.35. The molecule has 0 bridgehead atoms. The van der Waals surface area contributed by atoms with Crippen molar-refractivity contribution < 1.29 is 23.1 Å². The standard InChI is InChI=1S/C19H18F2N2O3/c1-12(24)22-13-9-19(25)23(10-13)14-5-7-15(8-6-14)26-11-16-17(20)3-2-4-18(16)21/h2-8,13H,9-11H2,1H3,(H,22,24)/t13-/m0/s1. The highest BCUT2D eigenvalue weighted by Gasteiger charge is 2.30. The molecular formula is C19H18F2N2O3. The average Bonchev–Trinajstić information content (AvgIpc) is 2.94. The lowest BCUT2D eigenvalue weighted by atomic mass is 10.2. The second-order valence-electron chi connectivity index (χ2n) is 6.09. The highest BCUT2D eigenvalue weighted by Crippen LogP contribution is 2.25. The van der Waals surface area contributed by atoms with E-state index in [1.807, 2.05) is 0 Å². The van der Waals surface area contributed by atoms with Crippen molar-refractivity contribution in [3.05, 3.63) is 59.7 Å². The Kier molecular flexibility index (Phi) is 5.16. The van der Waals surface area contributed by atoms with Gasteiger partial charge in [-0.15, -0.1) is 0 Å². The first-order chi connectivity index (χ1) is 12.4. The Morgan fingerprint density at radius 3 is 2.46 bits per heavy atom. The van der Waals surface area contributed by atoms with Crippen LogP contribution in [0.2, 0.25) is 0 Å². The quantitative estimate of drug-likeness (QED) is 0.892. The molecule has 7 heteroatoms. The van der Waals surface area contributed by atoms with Crippen LogP contribution >= 0.6 is 0 Å². The van der Waals surface area contributed by atoms with E-state index in [0.29, 0.717) is 18.0 Å². The summed E-state index contributed by atoms with van der Waals surface area (Å²) in [6.45, 7) is 1.59. The van der Waals surface area contributed by atoms with Gasteiger partial charge in [-0.05, 0) is 36.4 Å². The van der Waals surface area contributed by atoms with Gasteiger partial charge in [-0.25, -0.2) is 8.78 Å². The van der Waals surface area contributed by atoms with E-state index >= 15 is 0 Å². The normalized spacial score (nSPS) is 16.7. The maximum absolute atomic E-state index is 13.6. The molecule has 0 aliphatic carbocycles. The maximum Gasteiger partial charge on any atom is 0.229 e. The minimum atomic E-state index is -0.659. The molecule has 0 radical (unpaired) electrons. The van der Waals surface area contributed by atoms with E-state index in [9.17, 15) is 18.4 Å². The van der Waals surface area contributed by atoms with Gasteiger partial charge in [0.25, 0.3) is 0 Å². The number of ether oxygens (including phenoxy) is 1. The zero-order valence-corrected chi connectivity index (χ0v) is 14.2. The minimum Gasteiger partial charge on any atom is -0.489 e. The van der Waals surface area contributed by atoms with Crippen molar-refractivity contribution in [3.63, 3.8) is 0 Å². The van der Waals surface area contributed by atoms with Crippen LogP contribution in [0.3, 0.4) is 0 Å². The summed E-state index contributed by atoms with van der Waals surface area (Å²) in [4.78, 5) is 24.8. The predicted molar refractivity (Wildman–Crippen MR) is 91.7 cm³/mol. The van der Waals surface area contributed by atoms with Crippen molar-refractivity contribution in [3.8, 4) is 5.75 Å². The average molecular weight is 360 g/mol. The highest BCUT2D eigenvalue weighted by atomic mass is 19.1. The molecule has 0 aromatic heterocycles. The zero-order chi connectivity index (χ0) is 18.7. The van der Waals surface area contributed by atoms with Gasteiger partial charge >= 0.3 is 0 Å². The molecule has 0 spiro atoms. The molecule has 136 valence electrons. The number of hydrogen-bond donors (Lipinski definition) is 1. The first kappa shape index (κ1) is 17.8. The Bertz CT molecular complexity index is 804. The van der Waals surface area contributed by atoms with Crippen molar-refractivity contribution >= 4 is 17.5 Å². The summed E-state index contributed by atoms with van der Waals surface area (Å²) in [6.07, 6.45) is 0.254. The summed E-state index contributed by atoms with van der Waals surface area (Å²) in [5.74, 6) is -1.14. The third kappa shape index (κ3) is 3.99. The summed E-state index contributed by atoms with van der Waals surface area (Å²) in [7, 11) is 0. The number of nitrogens with one attached hydrogen (secondary N) is 1. The van der Waals surface area contributed by atoms with Crippen LogP contribution in [-0.2, 0) is 16.2 Å². The summed E-state index contributed by atoms with van der Waals surface area (Å²) in [5, 5.41) is 2.74. The number of carbonyl (C=O) groups is 2. The highest BCUT2D eigenvalue weighted by molar-refractivity contribution is 5.96. The van der Waals surface area contributed by atoms with Gasteiger partial charge in [-0.3, -0.25) is 9.59 Å². The number of anilines is 1. The molecule has 0 unspecified atom stereocenters. The van der Waals surface area contributed by atoms with Crippen LogP contribution in [-0.4, -0.2) is 24.4 Å². The molecule has 2 aromatic carbocycles. The fourth-order valence-corrected chi connectivity index (χ4v) is 2.89. The molecule has 2 aromatic rings. The summed E-state index contributed by atoms with van der Waals surface area (Å²) >= 11 is 0. The van der Waals surface area contributed by atoms with Crippen molar-refractivity contribution in [2.45, 2.75) is 26.0 Å². The van der Waals surface area contributed by atoms with Gasteiger partial charge in [0.2, 0.25) is 11.8 Å². The number of benzene rings is 2. The number of nitrogens with zero attached hydrogens (tertiary/aromatic N) is 1. The van der Waals surface area contributed by atoms with Gasteiger partial charge in [0.1, 0.15) is 24.0 Å². The molecular weight excluding hydrogens is 342 g/mol. The van der Waals surface area contributed by atoms with Crippen LogP contribution in [0.1, 0.15) is 18.9 Å². The number of hydrogen-bond acceptors (Lipinski definition) is 3. The van der Waals surface area contributed by atoms with E-state index in [2.05, 4.69) is 5.32 Å². The van der Waals surface area contributed by atoms with E-state index in [4.69, 9.17) is 4.74 Å². The first-order valence-electron chi connectivity index (χ1n) is 8.17. The molecule has 1 aliphatic heterocycles. The molecule has 0 saturated carbocycles. The number of rotatable bonds is 5. The second-order valence-corrected chi connectivity index (χ2v) is 6.09. The minimum absolute atomic E-state index is 0.0779. The molecule has 1 aliphatic rings. The molecule has 26 heavy (non-hydrogen) atoms. The fraction of sp³-hybridized carbons (Fsp3) is 0.263. The van der Waals surface area contributed by atoms with Crippen LogP contribution in [0.25, 0.3) is 0 Å². The van der Waals surface area contributed by atoms with Gasteiger partial charge in [0.15, 0.2) is 0 Å². The molecule has 1 N–H and O–H groups in total. The van der Waals surface area contributed by atoms with Gasteiger partial charge in [-0.1, -0.05) is 6.07 Å². The van der Waals surface area contributed by atoms with Crippen LogP contribution in [0, 0.1) is 11.6 Å². The monoisotopic (exact) mass is 360 g/mol. The Morgan fingerprint density at radius 2 is 1.85 bits per heavy atom.